The van der Waals surface area contributed by atoms with Crippen molar-refractivity contribution in [1.29, 1.82) is 0 Å². The van der Waals surface area contributed by atoms with E-state index in [-0.39, 0.29) is 54.0 Å². The van der Waals surface area contributed by atoms with Gasteiger partial charge in [0, 0.05) is 0 Å². The van der Waals surface area contributed by atoms with E-state index >= 15 is 0 Å². The SMILES string of the molecule is N.N.O=[N+]([O-])[O-].[Ce+4]. The van der Waals surface area contributed by atoms with Crippen molar-refractivity contribution in [3.8, 4) is 0 Å². The molecule has 0 radical (unpaired) electrons. The molecule has 0 bridgehead atoms. The van der Waals surface area contributed by atoms with Crippen molar-refractivity contribution >= 4 is 0 Å². The Kier molecular flexibility index (Phi) is 59.4. The third-order valence-electron chi connectivity index (χ3n) is 0. The second-order valence-corrected chi connectivity index (χ2v) is 0.224. The zero-order valence-electron chi connectivity index (χ0n) is 3.59. The predicted molar refractivity (Wildman–Crippen MR) is 20.4 cm³/mol. The molecule has 0 amide bonds. The molecular formula is H6CeN3O3+3. The smallest absolute Gasteiger partial charge is 0.356 e. The molecule has 40 valence electrons. The largest absolute Gasteiger partial charge is 4.00 e. The van der Waals surface area contributed by atoms with Crippen LogP contribution >= 0.6 is 0 Å². The van der Waals surface area contributed by atoms with E-state index in [4.69, 9.17) is 15.3 Å². The van der Waals surface area contributed by atoms with Gasteiger partial charge in [0.2, 0.25) is 0 Å². The minimum Gasteiger partial charge on any atom is -0.356 e. The van der Waals surface area contributed by atoms with E-state index in [1.807, 2.05) is 0 Å². The molecular weight excluding hydrogens is 230 g/mol. The van der Waals surface area contributed by atoms with Crippen molar-refractivity contribution in [3.05, 3.63) is 15.3 Å². The van der Waals surface area contributed by atoms with E-state index < -0.39 is 5.09 Å². The van der Waals surface area contributed by atoms with Crippen LogP contribution in [-0.2, 0) is 0 Å². The zero-order valence-corrected chi connectivity index (χ0v) is 6.73. The maximum absolute atomic E-state index is 8.25. The van der Waals surface area contributed by atoms with Crippen LogP contribution in [0.5, 0.6) is 0 Å². The Labute approximate surface area is 73.9 Å². The minimum absolute atomic E-state index is 0. The Balaban J connectivity index is -0.0000000150. The maximum Gasteiger partial charge on any atom is 4.00 e. The number of hydrogen-bond donors (Lipinski definition) is 2. The first-order valence-electron chi connectivity index (χ1n) is 0.548. The summed E-state index contributed by atoms with van der Waals surface area (Å²) in [5.41, 5.74) is 0. The van der Waals surface area contributed by atoms with E-state index in [1.165, 1.54) is 0 Å². The van der Waals surface area contributed by atoms with Gasteiger partial charge in [-0.2, -0.15) is 0 Å². The van der Waals surface area contributed by atoms with E-state index in [1.54, 1.807) is 0 Å². The van der Waals surface area contributed by atoms with Gasteiger partial charge >= 0.3 is 41.7 Å². The number of hydrogen-bond acceptors (Lipinski definition) is 5. The zero-order chi connectivity index (χ0) is 3.58. The van der Waals surface area contributed by atoms with Crippen LogP contribution in [0.15, 0.2) is 0 Å². The molecule has 6 nitrogen and oxygen atoms in total. The van der Waals surface area contributed by atoms with Gasteiger partial charge in [-0.1, -0.05) is 0 Å². The second-order valence-electron chi connectivity index (χ2n) is 0.224. The van der Waals surface area contributed by atoms with Crippen molar-refractivity contribution < 1.29 is 46.8 Å². The van der Waals surface area contributed by atoms with Gasteiger partial charge in [0.25, 0.3) is 0 Å². The number of rotatable bonds is 0. The van der Waals surface area contributed by atoms with Crippen LogP contribution in [-0.4, -0.2) is 5.09 Å². The molecule has 0 unspecified atom stereocenters. The fraction of sp³-hybridized carbons (Fsp3) is 0. The molecule has 0 aromatic rings. The van der Waals surface area contributed by atoms with Gasteiger partial charge in [0.15, 0.2) is 0 Å². The van der Waals surface area contributed by atoms with Crippen LogP contribution in [0.25, 0.3) is 0 Å². The van der Waals surface area contributed by atoms with Crippen LogP contribution in [0, 0.1) is 57.1 Å². The van der Waals surface area contributed by atoms with Crippen LogP contribution in [0.1, 0.15) is 0 Å². The average Bonchev–Trinajstić information content (AvgIpc) is 0.811. The maximum atomic E-state index is 8.25. The van der Waals surface area contributed by atoms with Gasteiger partial charge in [-0.3, -0.25) is 0 Å². The third kappa shape index (κ3) is 533. The molecule has 6 N–H and O–H groups in total. The molecule has 0 heterocycles. The molecule has 0 spiro atoms. The average molecular weight is 236 g/mol. The van der Waals surface area contributed by atoms with E-state index in [9.17, 15) is 0 Å². The summed E-state index contributed by atoms with van der Waals surface area (Å²) in [4.78, 5) is 8.25. The Morgan fingerprint density at radius 1 is 1.14 bits per heavy atom. The number of nitrogens with zero attached hydrogens (tertiary/aromatic N) is 1. The van der Waals surface area contributed by atoms with Gasteiger partial charge in [-0.05, 0) is 0 Å². The monoisotopic (exact) mass is 236 g/mol. The molecule has 7 heavy (non-hydrogen) atoms. The van der Waals surface area contributed by atoms with E-state index in [0.29, 0.717) is 0 Å². The van der Waals surface area contributed by atoms with Crippen molar-refractivity contribution in [3.63, 3.8) is 0 Å². The Hall–Kier alpha value is 0.497. The van der Waals surface area contributed by atoms with Gasteiger partial charge in [-0.25, -0.2) is 0 Å². The molecule has 0 fully saturated rings. The van der Waals surface area contributed by atoms with Crippen LogP contribution in [0.4, 0.5) is 0 Å². The van der Waals surface area contributed by atoms with Gasteiger partial charge in [0.1, 0.15) is 0 Å². The summed E-state index contributed by atoms with van der Waals surface area (Å²) in [5, 5.41) is 14.8. The molecule has 7 heteroatoms. The minimum atomic E-state index is -1.75. The summed E-state index contributed by atoms with van der Waals surface area (Å²) >= 11 is 0. The Bertz CT molecular complexity index is 33.2. The summed E-state index contributed by atoms with van der Waals surface area (Å²) in [6.07, 6.45) is 0. The first kappa shape index (κ1) is 25.9. The van der Waals surface area contributed by atoms with Gasteiger partial charge in [0.05, 0.1) is 5.09 Å². The topological polar surface area (TPSA) is 136 Å². The first-order valence-corrected chi connectivity index (χ1v) is 0.548. The fourth-order valence-electron chi connectivity index (χ4n) is 0. The van der Waals surface area contributed by atoms with Crippen LogP contribution in [0.3, 0.4) is 0 Å². The first-order chi connectivity index (χ1) is 1.73. The van der Waals surface area contributed by atoms with Crippen LogP contribution < -0.4 is 12.3 Å². The summed E-state index contributed by atoms with van der Waals surface area (Å²) in [5.74, 6) is 0. The summed E-state index contributed by atoms with van der Waals surface area (Å²) in [6.45, 7) is 0. The van der Waals surface area contributed by atoms with Crippen molar-refractivity contribution in [1.82, 2.24) is 12.3 Å². The van der Waals surface area contributed by atoms with Gasteiger partial charge < -0.3 is 27.6 Å². The normalized spacial score (nSPS) is 3.43. The summed E-state index contributed by atoms with van der Waals surface area (Å²) in [6, 6.07) is 0. The molecule has 0 aliphatic rings. The van der Waals surface area contributed by atoms with Crippen molar-refractivity contribution in [2.45, 2.75) is 0 Å². The molecule has 0 saturated carbocycles. The third-order valence-corrected chi connectivity index (χ3v) is 0. The fourth-order valence-corrected chi connectivity index (χ4v) is 0. The molecule has 0 saturated heterocycles. The van der Waals surface area contributed by atoms with Crippen molar-refractivity contribution in [2.24, 2.45) is 0 Å². The summed E-state index contributed by atoms with van der Waals surface area (Å²) < 4.78 is 0. The molecule has 0 aliphatic carbocycles. The van der Waals surface area contributed by atoms with E-state index in [0.717, 1.165) is 0 Å². The molecule has 0 aromatic heterocycles. The molecule has 0 aliphatic heterocycles. The van der Waals surface area contributed by atoms with Crippen LogP contribution in [0.2, 0.25) is 0 Å². The Morgan fingerprint density at radius 2 is 1.14 bits per heavy atom. The Morgan fingerprint density at radius 3 is 1.14 bits per heavy atom. The molecule has 0 rings (SSSR count). The van der Waals surface area contributed by atoms with E-state index in [2.05, 4.69) is 0 Å². The van der Waals surface area contributed by atoms with Gasteiger partial charge in [-0.15, -0.1) is 0 Å². The predicted octanol–water partition coefficient (Wildman–Crippen LogP) is 0.0849. The summed E-state index contributed by atoms with van der Waals surface area (Å²) in [7, 11) is 0. The second kappa shape index (κ2) is 16.1. The quantitative estimate of drug-likeness (QED) is 0.453. The molecule has 0 aromatic carbocycles. The standard InChI is InChI=1S/Ce.NO3.2H3N/c;2-1(3)4;;/h;;2*1H3/q+4;-1;;. The van der Waals surface area contributed by atoms with Crippen molar-refractivity contribution in [2.75, 3.05) is 0 Å². The molecule has 0 atom stereocenters.